The third kappa shape index (κ3) is 4.74. The van der Waals surface area contributed by atoms with Gasteiger partial charge in [0.25, 0.3) is 0 Å². The second kappa shape index (κ2) is 7.81. The first-order valence-corrected chi connectivity index (χ1v) is 7.87. The average Bonchev–Trinajstić information content (AvgIpc) is 2.53. The van der Waals surface area contributed by atoms with Crippen LogP contribution in [-0.2, 0) is 0 Å². The lowest BCUT2D eigenvalue weighted by Gasteiger charge is -2.35. The lowest BCUT2D eigenvalue weighted by Crippen LogP contribution is -2.44. The number of carbonyl (C=O) groups excluding carboxylic acids is 1. The molecule has 118 valence electrons. The van der Waals surface area contributed by atoms with Crippen LogP contribution in [0.1, 0.15) is 32.3 Å². The minimum atomic E-state index is -0.211. The van der Waals surface area contributed by atoms with E-state index in [1.165, 1.54) is 6.42 Å². The monoisotopic (exact) mass is 300 g/mol. The first-order chi connectivity index (χ1) is 10.6. The van der Waals surface area contributed by atoms with Crippen LogP contribution in [0.15, 0.2) is 24.3 Å². The molecular weight excluding hydrogens is 276 g/mol. The number of amides is 2. The van der Waals surface area contributed by atoms with Gasteiger partial charge >= 0.3 is 6.03 Å². The highest BCUT2D eigenvalue weighted by molar-refractivity contribution is 5.89. The molecule has 5 heteroatoms. The van der Waals surface area contributed by atoms with Crippen molar-refractivity contribution in [2.24, 2.45) is 5.92 Å². The van der Waals surface area contributed by atoms with Crippen molar-refractivity contribution in [1.29, 1.82) is 5.26 Å². The van der Waals surface area contributed by atoms with E-state index in [0.717, 1.165) is 19.5 Å². The summed E-state index contributed by atoms with van der Waals surface area (Å²) in [7, 11) is 0. The van der Waals surface area contributed by atoms with Crippen molar-refractivity contribution in [2.75, 3.05) is 25.0 Å². The van der Waals surface area contributed by atoms with Crippen LogP contribution in [0.4, 0.5) is 10.5 Å². The minimum Gasteiger partial charge on any atom is -0.338 e. The van der Waals surface area contributed by atoms with Crippen molar-refractivity contribution in [1.82, 2.24) is 10.2 Å². The second-order valence-corrected chi connectivity index (χ2v) is 6.12. The Bertz CT molecular complexity index is 550. The lowest BCUT2D eigenvalue weighted by molar-refractivity contribution is 0.139. The molecule has 1 aliphatic rings. The van der Waals surface area contributed by atoms with Gasteiger partial charge in [-0.1, -0.05) is 6.07 Å². The summed E-state index contributed by atoms with van der Waals surface area (Å²) in [5.74, 6) is 0.507. The third-order valence-corrected chi connectivity index (χ3v) is 4.08. The van der Waals surface area contributed by atoms with Gasteiger partial charge in [-0.3, -0.25) is 0 Å². The molecule has 0 spiro atoms. The van der Waals surface area contributed by atoms with E-state index in [1.54, 1.807) is 24.3 Å². The molecule has 1 aromatic rings. The number of anilines is 1. The zero-order valence-corrected chi connectivity index (χ0v) is 13.3. The van der Waals surface area contributed by atoms with E-state index in [4.69, 9.17) is 5.26 Å². The number of carbonyl (C=O) groups is 1. The molecule has 1 aromatic carbocycles. The van der Waals surface area contributed by atoms with Crippen molar-refractivity contribution < 1.29 is 4.79 Å². The largest absolute Gasteiger partial charge is 0.338 e. The number of nitrogens with one attached hydrogen (secondary N) is 2. The van der Waals surface area contributed by atoms with Crippen molar-refractivity contribution in [3.63, 3.8) is 0 Å². The number of hydrogen-bond donors (Lipinski definition) is 2. The number of nitrogens with zero attached hydrogens (tertiary/aromatic N) is 2. The molecule has 1 saturated heterocycles. The van der Waals surface area contributed by atoms with E-state index in [-0.39, 0.29) is 6.03 Å². The second-order valence-electron chi connectivity index (χ2n) is 6.12. The molecule has 1 heterocycles. The predicted molar refractivity (Wildman–Crippen MR) is 87.6 cm³/mol. The Kier molecular flexibility index (Phi) is 5.79. The van der Waals surface area contributed by atoms with Gasteiger partial charge in [-0.2, -0.15) is 5.26 Å². The fraction of sp³-hybridized carbons (Fsp3) is 0.529. The van der Waals surface area contributed by atoms with Gasteiger partial charge < -0.3 is 15.5 Å². The Morgan fingerprint density at radius 3 is 3.05 bits per heavy atom. The van der Waals surface area contributed by atoms with Gasteiger partial charge in [0.2, 0.25) is 0 Å². The third-order valence-electron chi connectivity index (χ3n) is 4.08. The van der Waals surface area contributed by atoms with E-state index in [0.29, 0.717) is 29.8 Å². The van der Waals surface area contributed by atoms with Crippen LogP contribution in [0, 0.1) is 17.2 Å². The van der Waals surface area contributed by atoms with Gasteiger partial charge in [-0.25, -0.2) is 4.79 Å². The zero-order valence-electron chi connectivity index (χ0n) is 13.3. The topological polar surface area (TPSA) is 68.2 Å². The first-order valence-electron chi connectivity index (χ1n) is 7.87. The number of benzene rings is 1. The van der Waals surface area contributed by atoms with E-state index < -0.39 is 0 Å². The molecule has 0 bridgehead atoms. The molecule has 0 unspecified atom stereocenters. The summed E-state index contributed by atoms with van der Waals surface area (Å²) in [4.78, 5) is 14.4. The van der Waals surface area contributed by atoms with Crippen LogP contribution in [0.3, 0.4) is 0 Å². The number of urea groups is 1. The highest BCUT2D eigenvalue weighted by Gasteiger charge is 2.21. The summed E-state index contributed by atoms with van der Waals surface area (Å²) in [5.41, 5.74) is 1.18. The Morgan fingerprint density at radius 1 is 1.50 bits per heavy atom. The van der Waals surface area contributed by atoms with Crippen LogP contribution in [0.5, 0.6) is 0 Å². The summed E-state index contributed by atoms with van der Waals surface area (Å²) in [6.45, 7) is 7.31. The van der Waals surface area contributed by atoms with E-state index in [9.17, 15) is 4.79 Å². The average molecular weight is 300 g/mol. The van der Waals surface area contributed by atoms with Crippen LogP contribution in [0.2, 0.25) is 0 Å². The summed E-state index contributed by atoms with van der Waals surface area (Å²) in [6, 6.07) is 9.33. The molecule has 0 aromatic heterocycles. The Labute approximate surface area is 132 Å². The molecule has 1 aliphatic heterocycles. The Hall–Kier alpha value is -2.06. The Balaban J connectivity index is 1.79. The maximum absolute atomic E-state index is 12.0. The number of nitriles is 1. The molecule has 2 N–H and O–H groups in total. The fourth-order valence-corrected chi connectivity index (χ4v) is 2.81. The Morgan fingerprint density at radius 2 is 2.32 bits per heavy atom. The molecule has 22 heavy (non-hydrogen) atoms. The number of hydrogen-bond acceptors (Lipinski definition) is 3. The maximum Gasteiger partial charge on any atom is 0.319 e. The molecule has 2 amide bonds. The van der Waals surface area contributed by atoms with Gasteiger partial charge in [0.1, 0.15) is 0 Å². The normalized spacial score (nSPS) is 18.7. The van der Waals surface area contributed by atoms with E-state index >= 15 is 0 Å². The predicted octanol–water partition coefficient (Wildman–Crippen LogP) is 2.80. The lowest BCUT2D eigenvalue weighted by atomic mass is 9.97. The number of piperidine rings is 1. The van der Waals surface area contributed by atoms with Crippen molar-refractivity contribution >= 4 is 11.7 Å². The van der Waals surface area contributed by atoms with Gasteiger partial charge in [0.15, 0.2) is 0 Å². The summed E-state index contributed by atoms with van der Waals surface area (Å²) in [5, 5.41) is 14.6. The van der Waals surface area contributed by atoms with Crippen molar-refractivity contribution in [2.45, 2.75) is 32.7 Å². The highest BCUT2D eigenvalue weighted by atomic mass is 16.2. The van der Waals surface area contributed by atoms with Gasteiger partial charge in [-0.15, -0.1) is 0 Å². The molecule has 2 rings (SSSR count). The van der Waals surface area contributed by atoms with Crippen LogP contribution in [0.25, 0.3) is 0 Å². The summed E-state index contributed by atoms with van der Waals surface area (Å²) >= 11 is 0. The molecule has 0 saturated carbocycles. The van der Waals surface area contributed by atoms with Gasteiger partial charge in [0.05, 0.1) is 11.6 Å². The quantitative estimate of drug-likeness (QED) is 0.898. The molecular formula is C17H24N4O. The van der Waals surface area contributed by atoms with E-state index in [2.05, 4.69) is 35.5 Å². The number of likely N-dealkylation sites (tertiary alicyclic amines) is 1. The summed E-state index contributed by atoms with van der Waals surface area (Å²) in [6.07, 6.45) is 2.35. The van der Waals surface area contributed by atoms with Crippen molar-refractivity contribution in [3.05, 3.63) is 29.8 Å². The standard InChI is InChI=1S/C17H24N4O/c1-13(2)21-8-4-6-15(12-21)11-19-17(22)20-16-7-3-5-14(9-16)10-18/h3,5,7,9,13,15H,4,6,8,11-12H2,1-2H3,(H2,19,20,22)/t15-/m1/s1. The SMILES string of the molecule is CC(C)N1CCC[C@H](CNC(=O)Nc2cccc(C#N)c2)C1. The molecule has 1 atom stereocenters. The van der Waals surface area contributed by atoms with Crippen LogP contribution >= 0.6 is 0 Å². The van der Waals surface area contributed by atoms with E-state index in [1.807, 2.05) is 0 Å². The minimum absolute atomic E-state index is 0.211. The molecule has 0 aliphatic carbocycles. The number of rotatable bonds is 4. The summed E-state index contributed by atoms with van der Waals surface area (Å²) < 4.78 is 0. The fourth-order valence-electron chi connectivity index (χ4n) is 2.81. The molecule has 0 radical (unpaired) electrons. The van der Waals surface area contributed by atoms with Crippen LogP contribution < -0.4 is 10.6 Å². The van der Waals surface area contributed by atoms with Crippen LogP contribution in [-0.4, -0.2) is 36.6 Å². The maximum atomic E-state index is 12.0. The van der Waals surface area contributed by atoms with Gasteiger partial charge in [-0.05, 0) is 57.4 Å². The molecule has 5 nitrogen and oxygen atoms in total. The highest BCUT2D eigenvalue weighted by Crippen LogP contribution is 2.17. The molecule has 1 fully saturated rings. The first kappa shape index (κ1) is 16.3. The van der Waals surface area contributed by atoms with Crippen molar-refractivity contribution in [3.8, 4) is 6.07 Å². The smallest absolute Gasteiger partial charge is 0.319 e. The van der Waals surface area contributed by atoms with Gasteiger partial charge in [0, 0.05) is 24.8 Å². The zero-order chi connectivity index (χ0) is 15.9.